The van der Waals surface area contributed by atoms with Crippen LogP contribution >= 0.6 is 0 Å². The maximum absolute atomic E-state index is 12.1. The Balaban J connectivity index is 2.78. The molecule has 0 aliphatic carbocycles. The quantitative estimate of drug-likeness (QED) is 0.759. The fraction of sp³-hybridized carbons (Fsp3) is 0.818. The van der Waals surface area contributed by atoms with E-state index in [0.717, 1.165) is 19.4 Å². The van der Waals surface area contributed by atoms with Crippen LogP contribution in [-0.2, 0) is 9.59 Å². The number of carboxylic acid groups (broad SMARTS) is 1. The standard InChI is InChI=1S/C11H20N2O3/c1-11(2,10(15)16)13(4)9(14)8-6-5-7-12(8)3/h8H,5-7H2,1-4H3,(H,15,16). The fourth-order valence-electron chi connectivity index (χ4n) is 1.86. The van der Waals surface area contributed by atoms with E-state index in [4.69, 9.17) is 5.11 Å². The summed E-state index contributed by atoms with van der Waals surface area (Å²) in [5, 5.41) is 9.06. The lowest BCUT2D eigenvalue weighted by Crippen LogP contribution is -2.55. The Morgan fingerprint density at radius 3 is 2.38 bits per heavy atom. The second-order valence-electron chi connectivity index (χ2n) is 4.90. The van der Waals surface area contributed by atoms with Gasteiger partial charge in [-0.1, -0.05) is 0 Å². The van der Waals surface area contributed by atoms with E-state index in [1.54, 1.807) is 20.9 Å². The maximum atomic E-state index is 12.1. The molecule has 1 rings (SSSR count). The van der Waals surface area contributed by atoms with Gasteiger partial charge in [-0.15, -0.1) is 0 Å². The highest BCUT2D eigenvalue weighted by molar-refractivity contribution is 5.89. The third-order valence-corrected chi connectivity index (χ3v) is 3.50. The number of carboxylic acids is 1. The first-order chi connectivity index (χ1) is 7.28. The molecule has 1 heterocycles. The number of carbonyl (C=O) groups is 2. The van der Waals surface area contributed by atoms with Crippen molar-refractivity contribution in [2.75, 3.05) is 20.6 Å². The zero-order chi connectivity index (χ0) is 12.5. The van der Waals surface area contributed by atoms with E-state index in [9.17, 15) is 9.59 Å². The molecule has 0 bridgehead atoms. The molecule has 16 heavy (non-hydrogen) atoms. The number of hydrogen-bond acceptors (Lipinski definition) is 3. The molecule has 1 aliphatic heterocycles. The number of likely N-dealkylation sites (tertiary alicyclic amines) is 1. The van der Waals surface area contributed by atoms with Gasteiger partial charge in [-0.05, 0) is 40.3 Å². The third-order valence-electron chi connectivity index (χ3n) is 3.50. The molecule has 1 unspecified atom stereocenters. The first-order valence-electron chi connectivity index (χ1n) is 5.49. The Labute approximate surface area is 96.0 Å². The Kier molecular flexibility index (Phi) is 3.57. The predicted molar refractivity (Wildman–Crippen MR) is 60.1 cm³/mol. The summed E-state index contributed by atoms with van der Waals surface area (Å²) in [4.78, 5) is 26.5. The molecule has 92 valence electrons. The zero-order valence-corrected chi connectivity index (χ0v) is 10.4. The number of carbonyl (C=O) groups excluding carboxylic acids is 1. The van der Waals surface area contributed by atoms with Crippen molar-refractivity contribution in [1.82, 2.24) is 9.80 Å². The van der Waals surface area contributed by atoms with Gasteiger partial charge in [-0.2, -0.15) is 0 Å². The van der Waals surface area contributed by atoms with Crippen LogP contribution in [0.2, 0.25) is 0 Å². The zero-order valence-electron chi connectivity index (χ0n) is 10.4. The molecule has 1 N–H and O–H groups in total. The molecule has 0 saturated carbocycles. The summed E-state index contributed by atoms with van der Waals surface area (Å²) in [6, 6.07) is -0.163. The van der Waals surface area contributed by atoms with Crippen molar-refractivity contribution in [3.05, 3.63) is 0 Å². The Hall–Kier alpha value is -1.10. The van der Waals surface area contributed by atoms with Crippen molar-refractivity contribution in [3.8, 4) is 0 Å². The van der Waals surface area contributed by atoms with Crippen LogP contribution in [0.5, 0.6) is 0 Å². The summed E-state index contributed by atoms with van der Waals surface area (Å²) < 4.78 is 0. The van der Waals surface area contributed by atoms with Gasteiger partial charge < -0.3 is 10.0 Å². The summed E-state index contributed by atoms with van der Waals surface area (Å²) in [6.07, 6.45) is 1.81. The molecule has 1 amide bonds. The summed E-state index contributed by atoms with van der Waals surface area (Å²) in [5.74, 6) is -1.09. The second kappa shape index (κ2) is 4.41. The van der Waals surface area contributed by atoms with Crippen LogP contribution in [0.15, 0.2) is 0 Å². The minimum Gasteiger partial charge on any atom is -0.480 e. The molecule has 1 atom stereocenters. The first kappa shape index (κ1) is 13.0. The molecule has 0 aromatic heterocycles. The largest absolute Gasteiger partial charge is 0.480 e. The second-order valence-corrected chi connectivity index (χ2v) is 4.90. The highest BCUT2D eigenvalue weighted by Crippen LogP contribution is 2.21. The van der Waals surface area contributed by atoms with Crippen molar-refractivity contribution in [2.24, 2.45) is 0 Å². The molecular weight excluding hydrogens is 208 g/mol. The Morgan fingerprint density at radius 2 is 2.00 bits per heavy atom. The number of nitrogens with zero attached hydrogens (tertiary/aromatic N) is 2. The van der Waals surface area contributed by atoms with Gasteiger partial charge in [0.1, 0.15) is 5.54 Å². The average Bonchev–Trinajstić information content (AvgIpc) is 2.61. The Bertz CT molecular complexity index is 302. The monoisotopic (exact) mass is 228 g/mol. The van der Waals surface area contributed by atoms with E-state index < -0.39 is 11.5 Å². The average molecular weight is 228 g/mol. The number of hydrogen-bond donors (Lipinski definition) is 1. The number of rotatable bonds is 3. The fourth-order valence-corrected chi connectivity index (χ4v) is 1.86. The molecule has 1 fully saturated rings. The number of amides is 1. The van der Waals surface area contributed by atoms with Gasteiger partial charge in [0.25, 0.3) is 0 Å². The van der Waals surface area contributed by atoms with Gasteiger partial charge in [0, 0.05) is 7.05 Å². The normalized spacial score (nSPS) is 22.1. The van der Waals surface area contributed by atoms with E-state index in [1.807, 2.05) is 11.9 Å². The summed E-state index contributed by atoms with van der Waals surface area (Å²) >= 11 is 0. The maximum Gasteiger partial charge on any atom is 0.329 e. The summed E-state index contributed by atoms with van der Waals surface area (Å²) in [7, 11) is 3.46. The molecular formula is C11H20N2O3. The molecule has 0 aromatic rings. The van der Waals surface area contributed by atoms with E-state index in [-0.39, 0.29) is 11.9 Å². The molecule has 0 spiro atoms. The van der Waals surface area contributed by atoms with Gasteiger partial charge in [0.05, 0.1) is 6.04 Å². The molecule has 5 heteroatoms. The molecule has 5 nitrogen and oxygen atoms in total. The van der Waals surface area contributed by atoms with Crippen molar-refractivity contribution in [3.63, 3.8) is 0 Å². The molecule has 1 saturated heterocycles. The van der Waals surface area contributed by atoms with Gasteiger partial charge in [0.2, 0.25) is 5.91 Å². The van der Waals surface area contributed by atoms with Crippen molar-refractivity contribution in [1.29, 1.82) is 0 Å². The lowest BCUT2D eigenvalue weighted by Gasteiger charge is -2.34. The molecule has 0 radical (unpaired) electrons. The summed E-state index contributed by atoms with van der Waals surface area (Å²) in [5.41, 5.74) is -1.15. The lowest BCUT2D eigenvalue weighted by atomic mass is 10.0. The van der Waals surface area contributed by atoms with Gasteiger partial charge in [-0.3, -0.25) is 9.69 Å². The van der Waals surface area contributed by atoms with Gasteiger partial charge >= 0.3 is 5.97 Å². The third kappa shape index (κ3) is 2.19. The highest BCUT2D eigenvalue weighted by atomic mass is 16.4. The lowest BCUT2D eigenvalue weighted by molar-refractivity contribution is -0.157. The minimum absolute atomic E-state index is 0.104. The van der Waals surface area contributed by atoms with Crippen LogP contribution in [0.4, 0.5) is 0 Å². The van der Waals surface area contributed by atoms with E-state index in [1.165, 1.54) is 4.90 Å². The SMILES string of the molecule is CN1CCCC1C(=O)N(C)C(C)(C)C(=O)O. The molecule has 1 aliphatic rings. The summed E-state index contributed by atoms with van der Waals surface area (Å²) in [6.45, 7) is 3.99. The van der Waals surface area contributed by atoms with E-state index in [2.05, 4.69) is 0 Å². The number of aliphatic carboxylic acids is 1. The minimum atomic E-state index is -1.15. The topological polar surface area (TPSA) is 60.9 Å². The van der Waals surface area contributed by atoms with Crippen LogP contribution in [0.3, 0.4) is 0 Å². The van der Waals surface area contributed by atoms with Crippen molar-refractivity contribution < 1.29 is 14.7 Å². The Morgan fingerprint density at radius 1 is 1.44 bits per heavy atom. The smallest absolute Gasteiger partial charge is 0.329 e. The van der Waals surface area contributed by atoms with Gasteiger partial charge in [-0.25, -0.2) is 4.79 Å². The first-order valence-corrected chi connectivity index (χ1v) is 5.49. The molecule has 0 aromatic carbocycles. The van der Waals surface area contributed by atoms with Gasteiger partial charge in [0.15, 0.2) is 0 Å². The predicted octanol–water partition coefficient (Wildman–Crippen LogP) is 0.402. The van der Waals surface area contributed by atoms with E-state index >= 15 is 0 Å². The van der Waals surface area contributed by atoms with Crippen molar-refractivity contribution in [2.45, 2.75) is 38.3 Å². The van der Waals surface area contributed by atoms with Crippen LogP contribution < -0.4 is 0 Å². The van der Waals surface area contributed by atoms with Crippen LogP contribution in [-0.4, -0.2) is 59.0 Å². The van der Waals surface area contributed by atoms with E-state index in [0.29, 0.717) is 0 Å². The van der Waals surface area contributed by atoms with Crippen LogP contribution in [0.1, 0.15) is 26.7 Å². The van der Waals surface area contributed by atoms with Crippen LogP contribution in [0.25, 0.3) is 0 Å². The number of likely N-dealkylation sites (N-methyl/N-ethyl adjacent to an activating group) is 2. The van der Waals surface area contributed by atoms with Crippen molar-refractivity contribution >= 4 is 11.9 Å². The highest BCUT2D eigenvalue weighted by Gasteiger charge is 2.39. The van der Waals surface area contributed by atoms with Crippen LogP contribution in [0, 0.1) is 0 Å².